The van der Waals surface area contributed by atoms with E-state index in [2.05, 4.69) is 0 Å². The molecule has 92 valence electrons. The van der Waals surface area contributed by atoms with Crippen molar-refractivity contribution in [2.45, 2.75) is 38.2 Å². The lowest BCUT2D eigenvalue weighted by atomic mass is 9.82. The number of Topliss-reactive ketones (excluding diaryl/α,β-unsaturated/α-hetero) is 1. The molecule has 0 amide bonds. The highest BCUT2D eigenvalue weighted by molar-refractivity contribution is 5.96. The Morgan fingerprint density at radius 3 is 2.65 bits per heavy atom. The highest BCUT2D eigenvalue weighted by Gasteiger charge is 2.27. The Kier molecular flexibility index (Phi) is 4.32. The standard InChI is InChI=1S/C15H20O2/c1-17-15-10-6-5-9-13(15)11-14(16)12-7-3-2-4-8-12/h2-4,7-8,13,15H,5-6,9-11H2,1H3. The van der Waals surface area contributed by atoms with E-state index in [4.69, 9.17) is 4.74 Å². The third-order valence-electron chi connectivity index (χ3n) is 3.69. The number of ketones is 1. The third kappa shape index (κ3) is 3.16. The number of hydrogen-bond donors (Lipinski definition) is 0. The predicted octanol–water partition coefficient (Wildman–Crippen LogP) is 3.46. The van der Waals surface area contributed by atoms with Crippen LogP contribution in [-0.4, -0.2) is 19.0 Å². The summed E-state index contributed by atoms with van der Waals surface area (Å²) in [5, 5.41) is 0. The van der Waals surface area contributed by atoms with E-state index in [1.54, 1.807) is 7.11 Å². The van der Waals surface area contributed by atoms with Crippen molar-refractivity contribution in [3.63, 3.8) is 0 Å². The summed E-state index contributed by atoms with van der Waals surface area (Å²) in [5.41, 5.74) is 0.827. The van der Waals surface area contributed by atoms with Crippen LogP contribution in [0, 0.1) is 5.92 Å². The van der Waals surface area contributed by atoms with Gasteiger partial charge < -0.3 is 4.74 Å². The Bertz CT molecular complexity index is 358. The summed E-state index contributed by atoms with van der Waals surface area (Å²) in [4.78, 5) is 12.1. The minimum absolute atomic E-state index is 0.250. The molecule has 2 rings (SSSR count). The highest BCUT2D eigenvalue weighted by Crippen LogP contribution is 2.29. The highest BCUT2D eigenvalue weighted by atomic mass is 16.5. The fourth-order valence-electron chi connectivity index (χ4n) is 2.70. The normalized spacial score (nSPS) is 24.5. The Morgan fingerprint density at radius 1 is 1.24 bits per heavy atom. The smallest absolute Gasteiger partial charge is 0.163 e. The monoisotopic (exact) mass is 232 g/mol. The van der Waals surface area contributed by atoms with Gasteiger partial charge in [0.2, 0.25) is 0 Å². The van der Waals surface area contributed by atoms with Crippen LogP contribution in [0.2, 0.25) is 0 Å². The van der Waals surface area contributed by atoms with Gasteiger partial charge in [0.15, 0.2) is 5.78 Å². The lowest BCUT2D eigenvalue weighted by Gasteiger charge is -2.29. The Labute approximate surface area is 103 Å². The summed E-state index contributed by atoms with van der Waals surface area (Å²) >= 11 is 0. The van der Waals surface area contributed by atoms with Crippen LogP contribution in [-0.2, 0) is 4.74 Å². The van der Waals surface area contributed by atoms with Gasteiger partial charge in [0.05, 0.1) is 6.10 Å². The maximum Gasteiger partial charge on any atom is 0.163 e. The van der Waals surface area contributed by atoms with Crippen LogP contribution < -0.4 is 0 Å². The molecule has 1 fully saturated rings. The molecular formula is C15H20O2. The zero-order chi connectivity index (χ0) is 12.1. The number of carbonyl (C=O) groups is 1. The van der Waals surface area contributed by atoms with Crippen molar-refractivity contribution in [1.82, 2.24) is 0 Å². The molecule has 0 aliphatic heterocycles. The van der Waals surface area contributed by atoms with Crippen molar-refractivity contribution in [1.29, 1.82) is 0 Å². The molecule has 0 bridgehead atoms. The van der Waals surface area contributed by atoms with Crippen molar-refractivity contribution in [3.05, 3.63) is 35.9 Å². The number of rotatable bonds is 4. The summed E-state index contributed by atoms with van der Waals surface area (Å²) < 4.78 is 5.49. The molecule has 1 aromatic rings. The molecule has 0 aromatic heterocycles. The SMILES string of the molecule is COC1CCCCC1CC(=O)c1ccccc1. The van der Waals surface area contributed by atoms with E-state index in [1.165, 1.54) is 12.8 Å². The summed E-state index contributed by atoms with van der Waals surface area (Å²) in [6, 6.07) is 9.57. The number of methoxy groups -OCH3 is 1. The van der Waals surface area contributed by atoms with E-state index < -0.39 is 0 Å². The van der Waals surface area contributed by atoms with E-state index in [0.717, 1.165) is 18.4 Å². The molecule has 1 aliphatic rings. The zero-order valence-corrected chi connectivity index (χ0v) is 10.4. The number of hydrogen-bond acceptors (Lipinski definition) is 2. The van der Waals surface area contributed by atoms with E-state index >= 15 is 0 Å². The van der Waals surface area contributed by atoms with Gasteiger partial charge in [-0.15, -0.1) is 0 Å². The van der Waals surface area contributed by atoms with Gasteiger partial charge >= 0.3 is 0 Å². The second kappa shape index (κ2) is 5.97. The van der Waals surface area contributed by atoms with Crippen molar-refractivity contribution in [2.24, 2.45) is 5.92 Å². The van der Waals surface area contributed by atoms with Crippen molar-refractivity contribution < 1.29 is 9.53 Å². The van der Waals surface area contributed by atoms with Crippen LogP contribution in [0.5, 0.6) is 0 Å². The topological polar surface area (TPSA) is 26.3 Å². The molecule has 0 N–H and O–H groups in total. The third-order valence-corrected chi connectivity index (χ3v) is 3.69. The molecule has 0 heterocycles. The minimum atomic E-state index is 0.250. The zero-order valence-electron chi connectivity index (χ0n) is 10.4. The van der Waals surface area contributed by atoms with Crippen LogP contribution in [0.4, 0.5) is 0 Å². The van der Waals surface area contributed by atoms with Crippen LogP contribution in [0.3, 0.4) is 0 Å². The average Bonchev–Trinajstić information content (AvgIpc) is 2.40. The van der Waals surface area contributed by atoms with E-state index in [1.807, 2.05) is 30.3 Å². The molecule has 2 atom stereocenters. The molecule has 1 aliphatic carbocycles. The van der Waals surface area contributed by atoms with Gasteiger partial charge in [-0.05, 0) is 18.8 Å². The lowest BCUT2D eigenvalue weighted by molar-refractivity contribution is 0.0206. The first kappa shape index (κ1) is 12.3. The molecule has 2 unspecified atom stereocenters. The Hall–Kier alpha value is -1.15. The molecular weight excluding hydrogens is 212 g/mol. The predicted molar refractivity (Wildman–Crippen MR) is 68.1 cm³/mol. The molecule has 0 saturated heterocycles. The van der Waals surface area contributed by atoms with Gasteiger partial charge in [-0.2, -0.15) is 0 Å². The molecule has 2 heteroatoms. The van der Waals surface area contributed by atoms with Crippen LogP contribution in [0.1, 0.15) is 42.5 Å². The van der Waals surface area contributed by atoms with Gasteiger partial charge in [-0.25, -0.2) is 0 Å². The van der Waals surface area contributed by atoms with Crippen molar-refractivity contribution in [3.8, 4) is 0 Å². The van der Waals surface area contributed by atoms with E-state index in [-0.39, 0.29) is 11.9 Å². The van der Waals surface area contributed by atoms with Crippen LogP contribution in [0.15, 0.2) is 30.3 Å². The Balaban J connectivity index is 1.98. The molecule has 1 saturated carbocycles. The fraction of sp³-hybridized carbons (Fsp3) is 0.533. The fourth-order valence-corrected chi connectivity index (χ4v) is 2.70. The van der Waals surface area contributed by atoms with Gasteiger partial charge in [-0.1, -0.05) is 43.2 Å². The van der Waals surface area contributed by atoms with E-state index in [9.17, 15) is 4.79 Å². The summed E-state index contributed by atoms with van der Waals surface area (Å²) in [6.45, 7) is 0. The lowest BCUT2D eigenvalue weighted by Crippen LogP contribution is -2.28. The second-order valence-corrected chi connectivity index (χ2v) is 4.81. The second-order valence-electron chi connectivity index (χ2n) is 4.81. The molecule has 2 nitrogen and oxygen atoms in total. The van der Waals surface area contributed by atoms with Gasteiger partial charge in [0.1, 0.15) is 0 Å². The number of carbonyl (C=O) groups excluding carboxylic acids is 1. The van der Waals surface area contributed by atoms with E-state index in [0.29, 0.717) is 12.3 Å². The average molecular weight is 232 g/mol. The first-order valence-electron chi connectivity index (χ1n) is 6.42. The molecule has 0 radical (unpaired) electrons. The Morgan fingerprint density at radius 2 is 1.94 bits per heavy atom. The minimum Gasteiger partial charge on any atom is -0.381 e. The van der Waals surface area contributed by atoms with Crippen LogP contribution in [0.25, 0.3) is 0 Å². The maximum absolute atomic E-state index is 12.1. The van der Waals surface area contributed by atoms with Gasteiger partial charge in [-0.3, -0.25) is 4.79 Å². The maximum atomic E-state index is 12.1. The van der Waals surface area contributed by atoms with Crippen LogP contribution >= 0.6 is 0 Å². The summed E-state index contributed by atoms with van der Waals surface area (Å²) in [6.07, 6.45) is 5.58. The molecule has 0 spiro atoms. The molecule has 1 aromatic carbocycles. The summed E-state index contributed by atoms with van der Waals surface area (Å²) in [5.74, 6) is 0.654. The van der Waals surface area contributed by atoms with Gasteiger partial charge in [0, 0.05) is 19.1 Å². The largest absolute Gasteiger partial charge is 0.381 e. The first-order valence-corrected chi connectivity index (χ1v) is 6.42. The number of benzene rings is 1. The van der Waals surface area contributed by atoms with Crippen molar-refractivity contribution in [2.75, 3.05) is 7.11 Å². The summed E-state index contributed by atoms with van der Waals surface area (Å²) in [7, 11) is 1.76. The first-order chi connectivity index (χ1) is 8.31. The van der Waals surface area contributed by atoms with Gasteiger partial charge in [0.25, 0.3) is 0 Å². The van der Waals surface area contributed by atoms with Crippen molar-refractivity contribution >= 4 is 5.78 Å². The number of ether oxygens (including phenoxy) is 1. The quantitative estimate of drug-likeness (QED) is 0.743. The molecule has 17 heavy (non-hydrogen) atoms.